The Morgan fingerprint density at radius 1 is 1.50 bits per heavy atom. The normalized spacial score (nSPS) is 7.62. The quantitative estimate of drug-likeness (QED) is 0.529. The monoisotopic (exact) mass is 313 g/mol. The number of hydrogen-bond acceptors (Lipinski definition) is 2. The molecule has 0 unspecified atom stereocenters. The summed E-state index contributed by atoms with van der Waals surface area (Å²) >= 11 is 2.11. The molecule has 0 N–H and O–H groups in total. The van der Waals surface area contributed by atoms with Gasteiger partial charge in [0.05, 0.1) is 0 Å². The molecule has 0 aliphatic rings. The summed E-state index contributed by atoms with van der Waals surface area (Å²) < 4.78 is 0.931. The number of rotatable bonds is 0. The molecule has 0 aliphatic carbocycles. The molecule has 0 atom stereocenters. The zero-order chi connectivity index (χ0) is 5.11. The predicted molar refractivity (Wildman–Crippen MR) is 34.7 cm³/mol. The summed E-state index contributed by atoms with van der Waals surface area (Å²) in [6.45, 7) is 0. The van der Waals surface area contributed by atoms with Crippen LogP contribution in [0.25, 0.3) is 0 Å². The van der Waals surface area contributed by atoms with Crippen molar-refractivity contribution in [2.45, 2.75) is 0 Å². The van der Waals surface area contributed by atoms with Crippen LogP contribution in [0.2, 0.25) is 0 Å². The fourth-order valence-electron chi connectivity index (χ4n) is 0.283. The minimum absolute atomic E-state index is 0. The molecular weight excluding hydrogens is 311 g/mol. The third-order valence-electron chi connectivity index (χ3n) is 0.540. The molecule has 0 saturated heterocycles. The Morgan fingerprint density at radius 3 is 2.50 bits per heavy atom. The SMILES string of the molecule is Ic1cccnn1.[Ag]. The second-order valence-electron chi connectivity index (χ2n) is 1.05. The summed E-state index contributed by atoms with van der Waals surface area (Å²) in [5.41, 5.74) is 0. The van der Waals surface area contributed by atoms with Crippen molar-refractivity contribution in [3.8, 4) is 0 Å². The van der Waals surface area contributed by atoms with Crippen molar-refractivity contribution < 1.29 is 22.4 Å². The van der Waals surface area contributed by atoms with Gasteiger partial charge in [0.25, 0.3) is 0 Å². The molecule has 0 bridgehead atoms. The van der Waals surface area contributed by atoms with Crippen LogP contribution >= 0.6 is 22.6 Å². The molecule has 0 amide bonds. The molecule has 1 radical (unpaired) electrons. The molecule has 0 saturated carbocycles. The average molecular weight is 314 g/mol. The van der Waals surface area contributed by atoms with Crippen molar-refractivity contribution >= 4 is 22.6 Å². The Kier molecular flexibility index (Phi) is 4.74. The van der Waals surface area contributed by atoms with E-state index in [1.807, 2.05) is 12.1 Å². The van der Waals surface area contributed by atoms with Crippen molar-refractivity contribution in [3.63, 3.8) is 0 Å². The molecule has 8 heavy (non-hydrogen) atoms. The van der Waals surface area contributed by atoms with E-state index in [4.69, 9.17) is 0 Å². The molecule has 4 heteroatoms. The Bertz CT molecular complexity index is 144. The minimum atomic E-state index is 0. The first-order valence-electron chi connectivity index (χ1n) is 1.83. The first kappa shape index (κ1) is 8.55. The summed E-state index contributed by atoms with van der Waals surface area (Å²) in [6.07, 6.45) is 1.65. The fraction of sp³-hybridized carbons (Fsp3) is 0. The Labute approximate surface area is 76.7 Å². The minimum Gasteiger partial charge on any atom is -0.158 e. The van der Waals surface area contributed by atoms with Gasteiger partial charge in [0.2, 0.25) is 0 Å². The topological polar surface area (TPSA) is 25.8 Å². The second kappa shape index (κ2) is 4.43. The molecule has 2 nitrogen and oxygen atoms in total. The van der Waals surface area contributed by atoms with Crippen LogP contribution < -0.4 is 0 Å². The van der Waals surface area contributed by atoms with E-state index in [9.17, 15) is 0 Å². The van der Waals surface area contributed by atoms with Gasteiger partial charge < -0.3 is 0 Å². The van der Waals surface area contributed by atoms with Gasteiger partial charge in [-0.15, -0.1) is 5.10 Å². The third kappa shape index (κ3) is 2.76. The number of hydrogen-bond donors (Lipinski definition) is 0. The van der Waals surface area contributed by atoms with Crippen LogP contribution in [0, 0.1) is 3.70 Å². The van der Waals surface area contributed by atoms with E-state index in [1.165, 1.54) is 0 Å². The van der Waals surface area contributed by atoms with E-state index in [2.05, 4.69) is 32.8 Å². The first-order valence-corrected chi connectivity index (χ1v) is 2.90. The van der Waals surface area contributed by atoms with Gasteiger partial charge in [-0.2, -0.15) is 5.10 Å². The fourth-order valence-corrected chi connectivity index (χ4v) is 0.615. The van der Waals surface area contributed by atoms with Gasteiger partial charge in [0.15, 0.2) is 0 Å². The smallest absolute Gasteiger partial charge is 0.123 e. The molecule has 47 valence electrons. The molecule has 1 aromatic rings. The predicted octanol–water partition coefficient (Wildman–Crippen LogP) is 1.08. The molecule has 1 heterocycles. The zero-order valence-electron chi connectivity index (χ0n) is 3.81. The molecule has 1 rings (SSSR count). The summed E-state index contributed by atoms with van der Waals surface area (Å²) in [5.74, 6) is 0. The van der Waals surface area contributed by atoms with Crippen LogP contribution in [0.1, 0.15) is 0 Å². The van der Waals surface area contributed by atoms with Crippen molar-refractivity contribution in [1.29, 1.82) is 0 Å². The van der Waals surface area contributed by atoms with E-state index < -0.39 is 0 Å². The van der Waals surface area contributed by atoms with Crippen LogP contribution in [0.5, 0.6) is 0 Å². The van der Waals surface area contributed by atoms with E-state index in [1.54, 1.807) is 6.20 Å². The summed E-state index contributed by atoms with van der Waals surface area (Å²) in [6, 6.07) is 3.75. The molecule has 0 spiro atoms. The number of aromatic nitrogens is 2. The molecule has 0 fully saturated rings. The van der Waals surface area contributed by atoms with Crippen molar-refractivity contribution in [1.82, 2.24) is 10.2 Å². The first-order chi connectivity index (χ1) is 3.39. The molecular formula is C4H3AgIN2. The summed E-state index contributed by atoms with van der Waals surface area (Å²) in [7, 11) is 0. The van der Waals surface area contributed by atoms with Crippen LogP contribution in [-0.2, 0) is 22.4 Å². The number of nitrogens with zero attached hydrogens (tertiary/aromatic N) is 2. The standard InChI is InChI=1S/C4H3IN2.Ag/c5-4-2-1-3-6-7-4;/h1-3H;. The van der Waals surface area contributed by atoms with Crippen molar-refractivity contribution in [2.75, 3.05) is 0 Å². The van der Waals surface area contributed by atoms with Crippen molar-refractivity contribution in [3.05, 3.63) is 22.0 Å². The second-order valence-corrected chi connectivity index (χ2v) is 2.15. The van der Waals surface area contributed by atoms with E-state index in [0.29, 0.717) is 0 Å². The van der Waals surface area contributed by atoms with Gasteiger partial charge in [0, 0.05) is 28.6 Å². The molecule has 0 aromatic carbocycles. The van der Waals surface area contributed by atoms with Gasteiger partial charge in [0.1, 0.15) is 3.70 Å². The van der Waals surface area contributed by atoms with E-state index in [-0.39, 0.29) is 22.4 Å². The maximum atomic E-state index is 3.72. The van der Waals surface area contributed by atoms with Crippen LogP contribution in [0.4, 0.5) is 0 Å². The van der Waals surface area contributed by atoms with Gasteiger partial charge >= 0.3 is 0 Å². The average Bonchev–Trinajstić information content (AvgIpc) is 1.69. The maximum Gasteiger partial charge on any atom is 0.123 e. The van der Waals surface area contributed by atoms with Gasteiger partial charge in [-0.05, 0) is 34.7 Å². The largest absolute Gasteiger partial charge is 0.158 e. The zero-order valence-corrected chi connectivity index (χ0v) is 7.45. The maximum absolute atomic E-state index is 3.72. The molecule has 0 aliphatic heterocycles. The van der Waals surface area contributed by atoms with Gasteiger partial charge in [-0.3, -0.25) is 0 Å². The van der Waals surface area contributed by atoms with Crippen LogP contribution in [0.3, 0.4) is 0 Å². The van der Waals surface area contributed by atoms with Crippen LogP contribution in [0.15, 0.2) is 18.3 Å². The Morgan fingerprint density at radius 2 is 2.25 bits per heavy atom. The van der Waals surface area contributed by atoms with Crippen LogP contribution in [-0.4, -0.2) is 10.2 Å². The van der Waals surface area contributed by atoms with E-state index in [0.717, 1.165) is 3.70 Å². The Balaban J connectivity index is 0.000000490. The van der Waals surface area contributed by atoms with Crippen molar-refractivity contribution in [2.24, 2.45) is 0 Å². The van der Waals surface area contributed by atoms with Gasteiger partial charge in [-0.25, -0.2) is 0 Å². The third-order valence-corrected chi connectivity index (χ3v) is 1.12. The number of halogens is 1. The van der Waals surface area contributed by atoms with Gasteiger partial charge in [-0.1, -0.05) is 0 Å². The summed E-state index contributed by atoms with van der Waals surface area (Å²) in [4.78, 5) is 0. The summed E-state index contributed by atoms with van der Waals surface area (Å²) in [5, 5.41) is 7.34. The Hall–Kier alpha value is 0.550. The molecule has 1 aromatic heterocycles. The van der Waals surface area contributed by atoms with E-state index >= 15 is 0 Å².